The highest BCUT2D eigenvalue weighted by atomic mass is 79.9. The number of hydrogen-bond donors (Lipinski definition) is 1. The molecular weight excluding hydrogens is 310 g/mol. The Morgan fingerprint density at radius 1 is 1.00 bits per heavy atom. The summed E-state index contributed by atoms with van der Waals surface area (Å²) in [5, 5.41) is 1.45. The zero-order valence-corrected chi connectivity index (χ0v) is 11.9. The molecule has 0 bridgehead atoms. The average molecular weight is 322 g/mol. The second-order valence-electron chi connectivity index (χ2n) is 3.77. The van der Waals surface area contributed by atoms with Crippen LogP contribution in [-0.4, -0.2) is 4.21 Å². The molecule has 1 atom stereocenters. The number of benzene rings is 2. The smallest absolute Gasteiger partial charge is 0.0943 e. The molecule has 0 heterocycles. The molecule has 0 aliphatic heterocycles. The normalized spacial score (nSPS) is 14.5. The first-order chi connectivity index (χ1) is 8.58. The van der Waals surface area contributed by atoms with Gasteiger partial charge in [-0.3, -0.25) is 0 Å². The summed E-state index contributed by atoms with van der Waals surface area (Å²) in [6.45, 7) is 0. The Labute approximate surface area is 115 Å². The van der Waals surface area contributed by atoms with Crippen molar-refractivity contribution in [3.05, 3.63) is 70.0 Å². The highest BCUT2D eigenvalue weighted by Crippen LogP contribution is 2.18. The largest absolute Gasteiger partial charge is 0.245 e. The van der Waals surface area contributed by atoms with E-state index in [1.165, 1.54) is 5.41 Å². The van der Waals surface area contributed by atoms with Crippen LogP contribution < -0.4 is 0 Å². The summed E-state index contributed by atoms with van der Waals surface area (Å²) in [5.74, 6) is 0. The van der Waals surface area contributed by atoms with Crippen LogP contribution in [0.4, 0.5) is 0 Å². The summed E-state index contributed by atoms with van der Waals surface area (Å²) >= 11 is 3.32. The van der Waals surface area contributed by atoms with E-state index in [2.05, 4.69) is 15.9 Å². The van der Waals surface area contributed by atoms with Crippen LogP contribution in [0.1, 0.15) is 5.56 Å². The molecule has 4 heteroatoms. The van der Waals surface area contributed by atoms with E-state index in [-0.39, 0.29) is 0 Å². The number of hydrogen-bond acceptors (Lipinski definition) is 2. The van der Waals surface area contributed by atoms with E-state index in [4.69, 9.17) is 4.78 Å². The lowest BCUT2D eigenvalue weighted by Gasteiger charge is -2.02. The van der Waals surface area contributed by atoms with Gasteiger partial charge < -0.3 is 0 Å². The van der Waals surface area contributed by atoms with Crippen LogP contribution in [0.25, 0.3) is 6.08 Å². The lowest BCUT2D eigenvalue weighted by molar-refractivity contribution is 0.681. The van der Waals surface area contributed by atoms with Crippen molar-refractivity contribution in [1.29, 1.82) is 4.78 Å². The van der Waals surface area contributed by atoms with E-state index in [0.29, 0.717) is 4.90 Å². The molecule has 2 rings (SSSR count). The maximum absolute atomic E-state index is 12.2. The van der Waals surface area contributed by atoms with Gasteiger partial charge in [-0.25, -0.2) is 8.99 Å². The van der Waals surface area contributed by atoms with E-state index >= 15 is 0 Å². The Hall–Kier alpha value is -1.39. The predicted octanol–water partition coefficient (Wildman–Crippen LogP) is 4.53. The summed E-state index contributed by atoms with van der Waals surface area (Å²) in [5.41, 5.74) is 0.939. The molecule has 0 aromatic heterocycles. The number of halogens is 1. The lowest BCUT2D eigenvalue weighted by atomic mass is 10.2. The van der Waals surface area contributed by atoms with Crippen molar-refractivity contribution in [2.24, 2.45) is 0 Å². The fraction of sp³-hybridized carbons (Fsp3) is 0. The molecule has 1 unspecified atom stereocenters. The van der Waals surface area contributed by atoms with Crippen LogP contribution in [0.3, 0.4) is 0 Å². The van der Waals surface area contributed by atoms with E-state index in [0.717, 1.165) is 10.0 Å². The van der Waals surface area contributed by atoms with E-state index in [1.54, 1.807) is 30.3 Å². The molecule has 0 saturated heterocycles. The summed E-state index contributed by atoms with van der Waals surface area (Å²) < 4.78 is 21.1. The molecule has 2 aromatic carbocycles. The molecule has 0 radical (unpaired) electrons. The molecule has 0 saturated carbocycles. The monoisotopic (exact) mass is 321 g/mol. The fourth-order valence-corrected chi connectivity index (χ4v) is 2.76. The van der Waals surface area contributed by atoms with Gasteiger partial charge in [0.05, 0.1) is 14.6 Å². The zero-order chi connectivity index (χ0) is 13.0. The summed E-state index contributed by atoms with van der Waals surface area (Å²) in [6.07, 6.45) is 1.72. The Morgan fingerprint density at radius 3 is 2.22 bits per heavy atom. The lowest BCUT2D eigenvalue weighted by Crippen LogP contribution is -1.93. The van der Waals surface area contributed by atoms with Gasteiger partial charge in [-0.05, 0) is 35.9 Å². The molecule has 0 fully saturated rings. The first-order valence-corrected chi connectivity index (χ1v) is 7.77. The molecule has 0 aliphatic carbocycles. The third-order valence-electron chi connectivity index (χ3n) is 2.42. The van der Waals surface area contributed by atoms with Gasteiger partial charge in [-0.15, -0.1) is 0 Å². The molecule has 1 N–H and O–H groups in total. The SMILES string of the molecule is N=S(=O)(/C=C/c1ccccc1)c1ccc(Br)cc1. The Kier molecular flexibility index (Phi) is 3.99. The van der Waals surface area contributed by atoms with Crippen molar-refractivity contribution in [2.45, 2.75) is 4.90 Å². The van der Waals surface area contributed by atoms with Crippen LogP contribution in [0, 0.1) is 4.78 Å². The fourth-order valence-electron chi connectivity index (χ4n) is 1.45. The minimum atomic E-state index is -2.88. The van der Waals surface area contributed by atoms with E-state index in [1.807, 2.05) is 30.3 Å². The van der Waals surface area contributed by atoms with Gasteiger partial charge in [0.2, 0.25) is 0 Å². The zero-order valence-electron chi connectivity index (χ0n) is 9.55. The van der Waals surface area contributed by atoms with E-state index < -0.39 is 9.73 Å². The third-order valence-corrected chi connectivity index (χ3v) is 4.44. The van der Waals surface area contributed by atoms with Gasteiger partial charge in [0, 0.05) is 9.88 Å². The second kappa shape index (κ2) is 5.50. The van der Waals surface area contributed by atoms with Crippen LogP contribution in [-0.2, 0) is 9.73 Å². The van der Waals surface area contributed by atoms with Gasteiger partial charge in [-0.1, -0.05) is 46.3 Å². The molecule has 92 valence electrons. The predicted molar refractivity (Wildman–Crippen MR) is 78.7 cm³/mol. The van der Waals surface area contributed by atoms with Gasteiger partial charge in [0.15, 0.2) is 0 Å². The Morgan fingerprint density at radius 2 is 1.61 bits per heavy atom. The Bertz CT molecular complexity index is 646. The van der Waals surface area contributed by atoms with Gasteiger partial charge >= 0.3 is 0 Å². The first-order valence-electron chi connectivity index (χ1n) is 5.35. The van der Waals surface area contributed by atoms with Crippen molar-refractivity contribution in [2.75, 3.05) is 0 Å². The van der Waals surface area contributed by atoms with Gasteiger partial charge in [0.1, 0.15) is 0 Å². The van der Waals surface area contributed by atoms with Crippen molar-refractivity contribution in [3.63, 3.8) is 0 Å². The van der Waals surface area contributed by atoms with Gasteiger partial charge in [0.25, 0.3) is 0 Å². The maximum atomic E-state index is 12.2. The first kappa shape index (κ1) is 13.1. The summed E-state index contributed by atoms with van der Waals surface area (Å²) in [7, 11) is -2.88. The van der Waals surface area contributed by atoms with Crippen LogP contribution >= 0.6 is 15.9 Å². The van der Waals surface area contributed by atoms with Crippen molar-refractivity contribution >= 4 is 31.7 Å². The summed E-state index contributed by atoms with van der Waals surface area (Å²) in [6, 6.07) is 16.5. The third kappa shape index (κ3) is 3.31. The summed E-state index contributed by atoms with van der Waals surface area (Å²) in [4.78, 5) is 0.512. The quantitative estimate of drug-likeness (QED) is 0.886. The molecular formula is C14H12BrNOS. The van der Waals surface area contributed by atoms with Crippen LogP contribution in [0.2, 0.25) is 0 Å². The molecule has 0 aliphatic rings. The standard InChI is InChI=1S/C14H12BrNOS/c15-13-6-8-14(9-7-13)18(16,17)11-10-12-4-2-1-3-5-12/h1-11,16H/b11-10+. The van der Waals surface area contributed by atoms with Crippen molar-refractivity contribution in [1.82, 2.24) is 0 Å². The molecule has 2 aromatic rings. The molecule has 0 spiro atoms. The Balaban J connectivity index is 2.28. The van der Waals surface area contributed by atoms with E-state index in [9.17, 15) is 4.21 Å². The minimum absolute atomic E-state index is 0.512. The van der Waals surface area contributed by atoms with Gasteiger partial charge in [-0.2, -0.15) is 0 Å². The van der Waals surface area contributed by atoms with Crippen LogP contribution in [0.5, 0.6) is 0 Å². The van der Waals surface area contributed by atoms with Crippen LogP contribution in [0.15, 0.2) is 69.4 Å². The number of nitrogens with one attached hydrogen (secondary N) is 1. The number of rotatable bonds is 3. The average Bonchev–Trinajstić information content (AvgIpc) is 2.38. The molecule has 2 nitrogen and oxygen atoms in total. The minimum Gasteiger partial charge on any atom is -0.245 e. The maximum Gasteiger partial charge on any atom is 0.0943 e. The molecule has 0 amide bonds. The highest BCUT2D eigenvalue weighted by Gasteiger charge is 2.05. The second-order valence-corrected chi connectivity index (χ2v) is 6.63. The molecule has 18 heavy (non-hydrogen) atoms. The van der Waals surface area contributed by atoms with Crippen molar-refractivity contribution < 1.29 is 4.21 Å². The topological polar surface area (TPSA) is 40.9 Å². The highest BCUT2D eigenvalue weighted by molar-refractivity contribution is 9.10. The van der Waals surface area contributed by atoms with Crippen molar-refractivity contribution in [3.8, 4) is 0 Å².